The van der Waals surface area contributed by atoms with E-state index >= 15 is 0 Å². The molecule has 0 saturated heterocycles. The lowest BCUT2D eigenvalue weighted by molar-refractivity contribution is 0.0939. The number of carbonyl (C=O) groups is 1. The molecule has 27 heavy (non-hydrogen) atoms. The first kappa shape index (κ1) is 21.1. The van der Waals surface area contributed by atoms with Crippen molar-refractivity contribution in [3.8, 4) is 17.2 Å². The van der Waals surface area contributed by atoms with E-state index in [1.807, 2.05) is 0 Å². The third-order valence-electron chi connectivity index (χ3n) is 5.26. The van der Waals surface area contributed by atoms with Crippen molar-refractivity contribution in [1.29, 1.82) is 0 Å². The number of hydrogen-bond donors (Lipinski definition) is 3. The minimum atomic E-state index is -0.387. The van der Waals surface area contributed by atoms with Gasteiger partial charge < -0.3 is 19.5 Å². The number of carbonyl (C=O) groups excluding carboxylic acids is 1. The van der Waals surface area contributed by atoms with Crippen molar-refractivity contribution in [2.24, 2.45) is 11.8 Å². The average molecular weight is 396 g/mol. The van der Waals surface area contributed by atoms with Gasteiger partial charge in [-0.15, -0.1) is 0 Å². The van der Waals surface area contributed by atoms with E-state index in [9.17, 15) is 4.79 Å². The van der Waals surface area contributed by atoms with Crippen LogP contribution in [0.25, 0.3) is 0 Å². The minimum Gasteiger partial charge on any atom is -0.493 e. The van der Waals surface area contributed by atoms with Crippen LogP contribution < -0.4 is 30.4 Å². The Hall–Kier alpha value is -2.22. The first-order chi connectivity index (χ1) is 12.9. The van der Waals surface area contributed by atoms with Crippen LogP contribution in [0.4, 0.5) is 0 Å². The molecule has 1 aliphatic rings. The molecule has 150 valence electrons. The Morgan fingerprint density at radius 1 is 1.04 bits per heavy atom. The maximum absolute atomic E-state index is 12.6. The summed E-state index contributed by atoms with van der Waals surface area (Å²) >= 11 is 5.33. The summed E-state index contributed by atoms with van der Waals surface area (Å²) in [6.45, 7) is 4.50. The van der Waals surface area contributed by atoms with Crippen LogP contribution in [-0.4, -0.2) is 38.4 Å². The van der Waals surface area contributed by atoms with Gasteiger partial charge in [-0.25, -0.2) is 0 Å². The summed E-state index contributed by atoms with van der Waals surface area (Å²) in [5, 5.41) is 3.70. The number of hydrogen-bond acceptors (Lipinski definition) is 5. The van der Waals surface area contributed by atoms with Crippen molar-refractivity contribution in [1.82, 2.24) is 16.2 Å². The Balaban J connectivity index is 2.00. The highest BCUT2D eigenvalue weighted by atomic mass is 32.1. The van der Waals surface area contributed by atoms with Gasteiger partial charge in [0.2, 0.25) is 5.75 Å². The van der Waals surface area contributed by atoms with Crippen LogP contribution in [-0.2, 0) is 0 Å². The van der Waals surface area contributed by atoms with E-state index in [1.165, 1.54) is 34.2 Å². The van der Waals surface area contributed by atoms with Crippen molar-refractivity contribution in [3.63, 3.8) is 0 Å². The number of amides is 1. The van der Waals surface area contributed by atoms with Crippen LogP contribution >= 0.6 is 12.2 Å². The van der Waals surface area contributed by atoms with Gasteiger partial charge in [-0.05, 0) is 42.6 Å². The molecule has 3 atom stereocenters. The molecule has 1 aliphatic carbocycles. The highest BCUT2D eigenvalue weighted by Gasteiger charge is 2.27. The number of hydrazine groups is 1. The third kappa shape index (κ3) is 4.94. The normalized spacial score (nSPS) is 21.7. The molecule has 1 amide bonds. The second-order valence-corrected chi connectivity index (χ2v) is 7.22. The van der Waals surface area contributed by atoms with E-state index in [1.54, 1.807) is 12.1 Å². The van der Waals surface area contributed by atoms with Crippen molar-refractivity contribution in [3.05, 3.63) is 17.7 Å². The van der Waals surface area contributed by atoms with E-state index in [4.69, 9.17) is 26.4 Å². The molecule has 1 fully saturated rings. The monoisotopic (exact) mass is 395 g/mol. The van der Waals surface area contributed by atoms with Gasteiger partial charge in [0.05, 0.1) is 26.9 Å². The fourth-order valence-corrected chi connectivity index (χ4v) is 3.65. The SMILES string of the molecule is COc1ccc(C(=O)NNC(=S)N[C@H]2CCC[C@H](C)[C@H]2C)c(OC)c1OC. The predicted molar refractivity (Wildman–Crippen MR) is 108 cm³/mol. The fraction of sp³-hybridized carbons (Fsp3) is 0.579. The van der Waals surface area contributed by atoms with E-state index in [0.29, 0.717) is 45.8 Å². The summed E-state index contributed by atoms with van der Waals surface area (Å²) in [5.41, 5.74) is 5.69. The summed E-state index contributed by atoms with van der Waals surface area (Å²) in [6.07, 6.45) is 3.50. The van der Waals surface area contributed by atoms with E-state index in [2.05, 4.69) is 30.0 Å². The van der Waals surface area contributed by atoms with Crippen LogP contribution in [0, 0.1) is 11.8 Å². The van der Waals surface area contributed by atoms with Gasteiger partial charge in [-0.1, -0.05) is 26.7 Å². The molecule has 0 radical (unpaired) electrons. The smallest absolute Gasteiger partial charge is 0.273 e. The molecule has 3 N–H and O–H groups in total. The van der Waals surface area contributed by atoms with E-state index in [-0.39, 0.29) is 5.91 Å². The van der Waals surface area contributed by atoms with Gasteiger partial charge >= 0.3 is 0 Å². The van der Waals surface area contributed by atoms with Crippen LogP contribution in [0.15, 0.2) is 12.1 Å². The fourth-order valence-electron chi connectivity index (χ4n) is 3.45. The van der Waals surface area contributed by atoms with Gasteiger partial charge in [0, 0.05) is 6.04 Å². The minimum absolute atomic E-state index is 0.296. The van der Waals surface area contributed by atoms with Gasteiger partial charge in [-0.2, -0.15) is 0 Å². The lowest BCUT2D eigenvalue weighted by Gasteiger charge is -2.35. The molecule has 1 aromatic rings. The molecule has 0 unspecified atom stereocenters. The van der Waals surface area contributed by atoms with Gasteiger partial charge in [0.15, 0.2) is 16.6 Å². The summed E-state index contributed by atoms with van der Waals surface area (Å²) in [6, 6.07) is 3.57. The maximum Gasteiger partial charge on any atom is 0.273 e. The molecule has 1 saturated carbocycles. The highest BCUT2D eigenvalue weighted by molar-refractivity contribution is 7.80. The summed E-state index contributed by atoms with van der Waals surface area (Å²) < 4.78 is 15.9. The average Bonchev–Trinajstić information content (AvgIpc) is 2.68. The quantitative estimate of drug-likeness (QED) is 0.522. The molecule has 0 heterocycles. The molecule has 2 rings (SSSR count). The number of nitrogens with one attached hydrogen (secondary N) is 3. The standard InChI is InChI=1S/C19H29N3O4S/c1-11-7-6-8-14(12(11)2)20-19(27)22-21-18(23)13-9-10-15(24-3)17(26-5)16(13)25-4/h9-12,14H,6-8H2,1-5H3,(H,21,23)(H2,20,22,27)/t11-,12+,14-/m0/s1. The summed E-state index contributed by atoms with van der Waals surface area (Å²) in [5.74, 6) is 1.94. The maximum atomic E-state index is 12.6. The Bertz CT molecular complexity index is 683. The molecule has 8 heteroatoms. The Kier molecular flexibility index (Phi) is 7.53. The second-order valence-electron chi connectivity index (χ2n) is 6.81. The van der Waals surface area contributed by atoms with Gasteiger partial charge in [-0.3, -0.25) is 15.6 Å². The summed E-state index contributed by atoms with van der Waals surface area (Å²) in [7, 11) is 4.49. The van der Waals surface area contributed by atoms with Crippen molar-refractivity contribution in [2.75, 3.05) is 21.3 Å². The Morgan fingerprint density at radius 2 is 1.74 bits per heavy atom. The number of ether oxygens (including phenoxy) is 3. The number of methoxy groups -OCH3 is 3. The molecule has 1 aromatic carbocycles. The topological polar surface area (TPSA) is 80.9 Å². The zero-order valence-corrected chi connectivity index (χ0v) is 17.4. The molecule has 7 nitrogen and oxygen atoms in total. The lowest BCUT2D eigenvalue weighted by Crippen LogP contribution is -2.52. The molecule has 0 aromatic heterocycles. The van der Waals surface area contributed by atoms with Crippen molar-refractivity contribution >= 4 is 23.2 Å². The molecule has 0 spiro atoms. The van der Waals surface area contributed by atoms with Crippen LogP contribution in [0.3, 0.4) is 0 Å². The first-order valence-corrected chi connectivity index (χ1v) is 9.49. The largest absolute Gasteiger partial charge is 0.493 e. The zero-order valence-electron chi connectivity index (χ0n) is 16.5. The lowest BCUT2D eigenvalue weighted by atomic mass is 9.78. The highest BCUT2D eigenvalue weighted by Crippen LogP contribution is 2.39. The van der Waals surface area contributed by atoms with Gasteiger partial charge in [0.25, 0.3) is 5.91 Å². The van der Waals surface area contributed by atoms with Crippen molar-refractivity contribution < 1.29 is 19.0 Å². The van der Waals surface area contributed by atoms with E-state index < -0.39 is 0 Å². The first-order valence-electron chi connectivity index (χ1n) is 9.08. The van der Waals surface area contributed by atoms with Gasteiger partial charge in [0.1, 0.15) is 0 Å². The Morgan fingerprint density at radius 3 is 2.37 bits per heavy atom. The van der Waals surface area contributed by atoms with Crippen LogP contribution in [0.5, 0.6) is 17.2 Å². The van der Waals surface area contributed by atoms with Crippen LogP contribution in [0.2, 0.25) is 0 Å². The van der Waals surface area contributed by atoms with Crippen LogP contribution in [0.1, 0.15) is 43.5 Å². The zero-order chi connectivity index (χ0) is 20.0. The molecule has 0 bridgehead atoms. The second kappa shape index (κ2) is 9.64. The van der Waals surface area contributed by atoms with Crippen molar-refractivity contribution in [2.45, 2.75) is 39.2 Å². The predicted octanol–water partition coefficient (Wildman–Crippen LogP) is 2.65. The number of thiocarbonyl (C=S) groups is 1. The number of benzene rings is 1. The molecular weight excluding hydrogens is 366 g/mol. The molecular formula is C19H29N3O4S. The third-order valence-corrected chi connectivity index (χ3v) is 5.48. The molecule has 0 aliphatic heterocycles. The van der Waals surface area contributed by atoms with E-state index in [0.717, 1.165) is 6.42 Å². The number of rotatable bonds is 5. The Labute approximate surface area is 166 Å². The summed E-state index contributed by atoms with van der Waals surface area (Å²) in [4.78, 5) is 12.6.